The van der Waals surface area contributed by atoms with Crippen molar-refractivity contribution >= 4 is 11.9 Å². The highest BCUT2D eigenvalue weighted by Gasteiger charge is 2.57. The highest BCUT2D eigenvalue weighted by atomic mass is 16.8. The van der Waals surface area contributed by atoms with Gasteiger partial charge in [0.05, 0.1) is 32.0 Å². The molecule has 1 aromatic rings. The fourth-order valence-corrected chi connectivity index (χ4v) is 3.79. The number of hydrogen-bond donors (Lipinski definition) is 0. The van der Waals surface area contributed by atoms with E-state index in [-0.39, 0.29) is 29.9 Å². The fourth-order valence-electron chi connectivity index (χ4n) is 3.79. The zero-order valence-corrected chi connectivity index (χ0v) is 14.9. The third-order valence-electron chi connectivity index (χ3n) is 4.86. The van der Waals surface area contributed by atoms with Crippen molar-refractivity contribution in [1.29, 1.82) is 0 Å². The van der Waals surface area contributed by atoms with Crippen molar-refractivity contribution < 1.29 is 38.0 Å². The molecule has 3 aliphatic heterocycles. The van der Waals surface area contributed by atoms with Crippen molar-refractivity contribution in [2.24, 2.45) is 0 Å². The minimum atomic E-state index is -0.740. The Morgan fingerprint density at radius 2 is 1.81 bits per heavy atom. The molecule has 26 heavy (non-hydrogen) atoms. The molecule has 8 nitrogen and oxygen atoms in total. The van der Waals surface area contributed by atoms with Crippen LogP contribution in [0.4, 0.5) is 0 Å². The molecule has 8 heteroatoms. The van der Waals surface area contributed by atoms with E-state index in [9.17, 15) is 9.59 Å². The van der Waals surface area contributed by atoms with Crippen molar-refractivity contribution in [2.75, 3.05) is 14.2 Å². The largest absolute Gasteiger partial charge is 0.465 e. The third kappa shape index (κ3) is 2.52. The molecule has 4 atom stereocenters. The Kier molecular flexibility index (Phi) is 4.03. The van der Waals surface area contributed by atoms with E-state index in [1.165, 1.54) is 14.2 Å². The van der Waals surface area contributed by atoms with Gasteiger partial charge in [-0.15, -0.1) is 0 Å². The summed E-state index contributed by atoms with van der Waals surface area (Å²) in [6, 6.07) is 3.29. The van der Waals surface area contributed by atoms with E-state index in [0.717, 1.165) is 5.56 Å². The summed E-state index contributed by atoms with van der Waals surface area (Å²) in [5, 5.41) is 0. The smallest absolute Gasteiger partial charge is 0.339 e. The Balaban J connectivity index is 1.75. The number of methoxy groups -OCH3 is 2. The second kappa shape index (κ2) is 6.02. The van der Waals surface area contributed by atoms with Crippen LogP contribution < -0.4 is 0 Å². The van der Waals surface area contributed by atoms with Gasteiger partial charge < -0.3 is 28.4 Å². The molecule has 0 amide bonds. The minimum absolute atomic E-state index is 0.127. The molecule has 3 heterocycles. The van der Waals surface area contributed by atoms with Crippen molar-refractivity contribution in [2.45, 2.75) is 50.8 Å². The molecule has 0 radical (unpaired) electrons. The van der Waals surface area contributed by atoms with Crippen LogP contribution >= 0.6 is 0 Å². The number of hydrogen-bond acceptors (Lipinski definition) is 8. The number of benzene rings is 1. The first-order valence-electron chi connectivity index (χ1n) is 8.31. The van der Waals surface area contributed by atoms with Crippen molar-refractivity contribution in [3.05, 3.63) is 34.4 Å². The Labute approximate surface area is 150 Å². The topological polar surface area (TPSA) is 89.5 Å². The number of carbonyl (C=O) groups is 2. The normalized spacial score (nSPS) is 30.9. The molecule has 0 aliphatic carbocycles. The van der Waals surface area contributed by atoms with Gasteiger partial charge in [-0.05, 0) is 31.0 Å². The molecule has 2 fully saturated rings. The number of fused-ring (bicyclic) bond motifs is 5. The quantitative estimate of drug-likeness (QED) is 0.733. The van der Waals surface area contributed by atoms with Crippen LogP contribution in [-0.2, 0) is 35.0 Å². The van der Waals surface area contributed by atoms with Crippen LogP contribution in [0.2, 0.25) is 0 Å². The van der Waals surface area contributed by atoms with Gasteiger partial charge in [0.25, 0.3) is 0 Å². The lowest BCUT2D eigenvalue weighted by Crippen LogP contribution is -2.37. The molecular formula is C18H20O8. The van der Waals surface area contributed by atoms with Crippen molar-refractivity contribution in [3.8, 4) is 0 Å². The van der Waals surface area contributed by atoms with Gasteiger partial charge >= 0.3 is 11.9 Å². The van der Waals surface area contributed by atoms with Crippen LogP contribution in [0, 0.1) is 0 Å². The summed E-state index contributed by atoms with van der Waals surface area (Å²) >= 11 is 0. The molecule has 140 valence electrons. The highest BCUT2D eigenvalue weighted by Crippen LogP contribution is 2.48. The van der Waals surface area contributed by atoms with Crippen LogP contribution in [0.25, 0.3) is 0 Å². The summed E-state index contributed by atoms with van der Waals surface area (Å²) in [4.78, 5) is 24.4. The monoisotopic (exact) mass is 364 g/mol. The second-order valence-electron chi connectivity index (χ2n) is 6.84. The molecule has 1 aromatic carbocycles. The van der Waals surface area contributed by atoms with E-state index in [4.69, 9.17) is 28.4 Å². The van der Waals surface area contributed by atoms with Gasteiger partial charge in [-0.1, -0.05) is 6.07 Å². The average Bonchev–Trinajstić information content (AvgIpc) is 3.10. The molecule has 0 aromatic heterocycles. The van der Waals surface area contributed by atoms with E-state index in [1.54, 1.807) is 12.1 Å². The third-order valence-corrected chi connectivity index (χ3v) is 4.86. The average molecular weight is 364 g/mol. The van der Waals surface area contributed by atoms with Gasteiger partial charge in [-0.2, -0.15) is 0 Å². The Morgan fingerprint density at radius 1 is 1.08 bits per heavy atom. The van der Waals surface area contributed by atoms with E-state index in [2.05, 4.69) is 0 Å². The highest BCUT2D eigenvalue weighted by molar-refractivity contribution is 6.04. The van der Waals surface area contributed by atoms with E-state index >= 15 is 0 Å². The number of carbonyl (C=O) groups excluding carboxylic acids is 2. The molecule has 0 spiro atoms. The number of rotatable bonds is 2. The minimum Gasteiger partial charge on any atom is -0.465 e. The van der Waals surface area contributed by atoms with Crippen LogP contribution in [0.5, 0.6) is 0 Å². The SMILES string of the molecule is COC(=O)c1ccc2c(c1C(=O)OC)CO[C@@H]1[C@H]3OC(C)(C)O[C@H]3O[C@H]21. The molecule has 3 aliphatic rings. The lowest BCUT2D eigenvalue weighted by atomic mass is 9.89. The van der Waals surface area contributed by atoms with Gasteiger partial charge in [0.2, 0.25) is 0 Å². The molecular weight excluding hydrogens is 344 g/mol. The van der Waals surface area contributed by atoms with Gasteiger partial charge in [0, 0.05) is 0 Å². The summed E-state index contributed by atoms with van der Waals surface area (Å²) in [5.41, 5.74) is 1.58. The zero-order valence-electron chi connectivity index (χ0n) is 14.9. The van der Waals surface area contributed by atoms with E-state index < -0.39 is 30.1 Å². The lowest BCUT2D eigenvalue weighted by Gasteiger charge is -2.32. The molecule has 4 rings (SSSR count). The molecule has 2 saturated heterocycles. The maximum absolute atomic E-state index is 12.3. The van der Waals surface area contributed by atoms with Gasteiger partial charge in [-0.25, -0.2) is 9.59 Å². The predicted octanol–water partition coefficient (Wildman–Crippen LogP) is 1.71. The maximum atomic E-state index is 12.3. The van der Waals surface area contributed by atoms with Crippen molar-refractivity contribution in [3.63, 3.8) is 0 Å². The van der Waals surface area contributed by atoms with Gasteiger partial charge in [0.15, 0.2) is 12.1 Å². The standard InChI is InChI=1S/C18H20O8/c1-18(2)25-14-13-12(24-17(14)26-18)8-5-6-9(15(19)21-3)11(16(20)22-4)10(8)7-23-13/h5-6,12-14,17H,7H2,1-4H3/t12-,13+,14-,17-/m1/s1. The number of ether oxygens (including phenoxy) is 6. The van der Waals surface area contributed by atoms with E-state index in [1.807, 2.05) is 13.8 Å². The van der Waals surface area contributed by atoms with Crippen molar-refractivity contribution in [1.82, 2.24) is 0 Å². The fraction of sp³-hybridized carbons (Fsp3) is 0.556. The van der Waals surface area contributed by atoms with Gasteiger partial charge in [-0.3, -0.25) is 0 Å². The molecule has 0 bridgehead atoms. The maximum Gasteiger partial charge on any atom is 0.339 e. The zero-order chi connectivity index (χ0) is 18.6. The Bertz CT molecular complexity index is 771. The Morgan fingerprint density at radius 3 is 2.50 bits per heavy atom. The lowest BCUT2D eigenvalue weighted by molar-refractivity contribution is -0.223. The first-order chi connectivity index (χ1) is 12.4. The van der Waals surface area contributed by atoms with Crippen LogP contribution in [0.3, 0.4) is 0 Å². The van der Waals surface area contributed by atoms with Crippen LogP contribution in [0.15, 0.2) is 12.1 Å². The molecule has 0 unspecified atom stereocenters. The van der Waals surface area contributed by atoms with Crippen LogP contribution in [0.1, 0.15) is 51.8 Å². The predicted molar refractivity (Wildman–Crippen MR) is 85.3 cm³/mol. The van der Waals surface area contributed by atoms with E-state index in [0.29, 0.717) is 5.56 Å². The summed E-state index contributed by atoms with van der Waals surface area (Å²) in [6.45, 7) is 3.76. The summed E-state index contributed by atoms with van der Waals surface area (Å²) in [6.07, 6.45) is -1.72. The first kappa shape index (κ1) is 17.4. The Hall–Kier alpha value is -2.00. The first-order valence-corrected chi connectivity index (χ1v) is 8.31. The molecule has 0 N–H and O–H groups in total. The summed E-state index contributed by atoms with van der Waals surface area (Å²) < 4.78 is 33.3. The number of esters is 2. The summed E-state index contributed by atoms with van der Waals surface area (Å²) in [7, 11) is 2.52. The summed E-state index contributed by atoms with van der Waals surface area (Å²) in [5.74, 6) is -1.99. The van der Waals surface area contributed by atoms with Gasteiger partial charge in [0.1, 0.15) is 18.3 Å². The van der Waals surface area contributed by atoms with Crippen LogP contribution in [-0.4, -0.2) is 50.4 Å². The molecule has 0 saturated carbocycles. The second-order valence-corrected chi connectivity index (χ2v) is 6.84.